The minimum absolute atomic E-state index is 0.0619. The summed E-state index contributed by atoms with van der Waals surface area (Å²) < 4.78 is 4.87. The van der Waals surface area contributed by atoms with Crippen LogP contribution in [0.25, 0.3) is 0 Å². The van der Waals surface area contributed by atoms with Gasteiger partial charge in [-0.05, 0) is 39.0 Å². The van der Waals surface area contributed by atoms with E-state index in [1.807, 2.05) is 0 Å². The number of nitrogens with zero attached hydrogens (tertiary/aromatic N) is 1. The highest BCUT2D eigenvalue weighted by molar-refractivity contribution is 6.35. The van der Waals surface area contributed by atoms with Crippen molar-refractivity contribution in [3.8, 4) is 0 Å². The fourth-order valence-corrected chi connectivity index (χ4v) is 3.54. The molecule has 2 aliphatic rings. The molecule has 2 rings (SSSR count). The van der Waals surface area contributed by atoms with Crippen LogP contribution in [-0.2, 0) is 9.53 Å². The normalized spacial score (nSPS) is 34.9. The Hall–Kier alpha value is -1.03. The molecule has 0 aromatic carbocycles. The first-order valence-corrected chi connectivity index (χ1v) is 6.68. The highest BCUT2D eigenvalue weighted by Crippen LogP contribution is 2.44. The van der Waals surface area contributed by atoms with E-state index in [1.165, 1.54) is 6.92 Å². The predicted octanol–water partition coefficient (Wildman–Crippen LogP) is 2.85. The zero-order chi connectivity index (χ0) is 13.3. The number of fused-ring (bicyclic) bond motifs is 2. The van der Waals surface area contributed by atoms with Crippen LogP contribution in [0.5, 0.6) is 0 Å². The maximum Gasteiger partial charge on any atom is 0.415 e. The summed E-state index contributed by atoms with van der Waals surface area (Å²) in [5, 5.41) is 0. The van der Waals surface area contributed by atoms with Gasteiger partial charge in [0.1, 0.15) is 4.87 Å². The van der Waals surface area contributed by atoms with Gasteiger partial charge in [0.05, 0.1) is 12.3 Å². The summed E-state index contributed by atoms with van der Waals surface area (Å²) in [6.45, 7) is 4.89. The van der Waals surface area contributed by atoms with E-state index in [2.05, 4.69) is 6.58 Å². The summed E-state index contributed by atoms with van der Waals surface area (Å²) in [6, 6.07) is -0.112. The zero-order valence-corrected chi connectivity index (χ0v) is 11.3. The third-order valence-corrected chi connectivity index (χ3v) is 4.80. The number of ketones is 1. The van der Waals surface area contributed by atoms with Gasteiger partial charge < -0.3 is 4.74 Å². The standard InChI is InChI=1S/C13H18ClNO3/c1-3-18-12(17)15-10-5-4-8-13(14,9(2)16)11(15)7-6-10/h3,10-11H,1,4-8H2,2H3/t10-,11-,13?/m1/s1. The lowest BCUT2D eigenvalue weighted by Crippen LogP contribution is -2.52. The van der Waals surface area contributed by atoms with Crippen molar-refractivity contribution in [1.82, 2.24) is 4.90 Å². The van der Waals surface area contributed by atoms with E-state index >= 15 is 0 Å². The maximum absolute atomic E-state index is 12.0. The average Bonchev–Trinajstić information content (AvgIpc) is 2.65. The molecular weight excluding hydrogens is 254 g/mol. The van der Waals surface area contributed by atoms with Crippen molar-refractivity contribution in [2.24, 2.45) is 0 Å². The van der Waals surface area contributed by atoms with E-state index in [1.54, 1.807) is 4.90 Å². The Bertz CT molecular complexity index is 384. The summed E-state index contributed by atoms with van der Waals surface area (Å²) in [5.74, 6) is -0.0619. The van der Waals surface area contributed by atoms with Crippen molar-refractivity contribution in [2.75, 3.05) is 0 Å². The first kappa shape index (κ1) is 13.4. The van der Waals surface area contributed by atoms with E-state index < -0.39 is 11.0 Å². The molecule has 0 saturated carbocycles. The summed E-state index contributed by atoms with van der Waals surface area (Å²) >= 11 is 6.52. The molecule has 0 aromatic rings. The summed E-state index contributed by atoms with van der Waals surface area (Å²) in [6.07, 6.45) is 4.70. The molecular formula is C13H18ClNO3. The monoisotopic (exact) mass is 271 g/mol. The molecule has 0 aromatic heterocycles. The van der Waals surface area contributed by atoms with Gasteiger partial charge in [-0.15, -0.1) is 11.6 Å². The molecule has 0 spiro atoms. The SMILES string of the molecule is C=COC(=O)N1[C@@H]2CCCC(Cl)(C(C)=O)[C@H]1CC2. The average molecular weight is 272 g/mol. The van der Waals surface area contributed by atoms with Crippen LogP contribution < -0.4 is 0 Å². The van der Waals surface area contributed by atoms with Gasteiger partial charge in [0.2, 0.25) is 0 Å². The Morgan fingerprint density at radius 3 is 2.78 bits per heavy atom. The molecule has 2 aliphatic heterocycles. The molecule has 1 unspecified atom stereocenters. The summed E-state index contributed by atoms with van der Waals surface area (Å²) in [7, 11) is 0. The molecule has 4 nitrogen and oxygen atoms in total. The smallest absolute Gasteiger partial charge is 0.415 e. The Kier molecular flexibility index (Phi) is 3.66. The number of halogens is 1. The second kappa shape index (κ2) is 4.92. The van der Waals surface area contributed by atoms with Crippen LogP contribution in [-0.4, -0.2) is 33.7 Å². The van der Waals surface area contributed by atoms with E-state index in [-0.39, 0.29) is 17.9 Å². The van der Waals surface area contributed by atoms with Crippen LogP contribution >= 0.6 is 11.6 Å². The van der Waals surface area contributed by atoms with Gasteiger partial charge in [-0.3, -0.25) is 9.69 Å². The van der Waals surface area contributed by atoms with Gasteiger partial charge in [-0.1, -0.05) is 6.58 Å². The van der Waals surface area contributed by atoms with Crippen molar-refractivity contribution >= 4 is 23.5 Å². The second-order valence-corrected chi connectivity index (χ2v) is 5.69. The molecule has 18 heavy (non-hydrogen) atoms. The van der Waals surface area contributed by atoms with E-state index in [9.17, 15) is 9.59 Å². The lowest BCUT2D eigenvalue weighted by molar-refractivity contribution is -0.121. The van der Waals surface area contributed by atoms with Crippen LogP contribution in [0.15, 0.2) is 12.8 Å². The van der Waals surface area contributed by atoms with Crippen LogP contribution in [0.1, 0.15) is 39.0 Å². The fourth-order valence-electron chi connectivity index (χ4n) is 3.20. The van der Waals surface area contributed by atoms with Gasteiger partial charge in [0, 0.05) is 6.04 Å². The van der Waals surface area contributed by atoms with Crippen molar-refractivity contribution in [1.29, 1.82) is 0 Å². The number of Topliss-reactive ketones (excluding diaryl/α,β-unsaturated/α-hetero) is 1. The molecule has 5 heteroatoms. The molecule has 2 bridgehead atoms. The summed E-state index contributed by atoms with van der Waals surface area (Å²) in [4.78, 5) is 24.5. The molecule has 2 fully saturated rings. The zero-order valence-electron chi connectivity index (χ0n) is 10.5. The lowest BCUT2D eigenvalue weighted by atomic mass is 9.87. The van der Waals surface area contributed by atoms with Crippen LogP contribution in [0.4, 0.5) is 4.79 Å². The molecule has 100 valence electrons. The number of carbonyl (C=O) groups excluding carboxylic acids is 2. The minimum atomic E-state index is -0.953. The van der Waals surface area contributed by atoms with Gasteiger partial charge in [-0.2, -0.15) is 0 Å². The summed E-state index contributed by atoms with van der Waals surface area (Å²) in [5.41, 5.74) is 0. The quantitative estimate of drug-likeness (QED) is 0.573. The number of rotatable bonds is 2. The minimum Gasteiger partial charge on any atom is -0.419 e. The number of ether oxygens (including phenoxy) is 1. The molecule has 0 aliphatic carbocycles. The van der Waals surface area contributed by atoms with Gasteiger partial charge in [0.15, 0.2) is 5.78 Å². The van der Waals surface area contributed by atoms with Gasteiger partial charge in [-0.25, -0.2) is 4.79 Å². The van der Waals surface area contributed by atoms with Gasteiger partial charge in [0.25, 0.3) is 0 Å². The fraction of sp³-hybridized carbons (Fsp3) is 0.692. The van der Waals surface area contributed by atoms with Crippen molar-refractivity contribution in [3.63, 3.8) is 0 Å². The Morgan fingerprint density at radius 1 is 1.44 bits per heavy atom. The van der Waals surface area contributed by atoms with E-state index in [0.717, 1.165) is 31.9 Å². The lowest BCUT2D eigenvalue weighted by Gasteiger charge is -2.35. The van der Waals surface area contributed by atoms with E-state index in [0.29, 0.717) is 6.42 Å². The highest BCUT2D eigenvalue weighted by Gasteiger charge is 2.53. The highest BCUT2D eigenvalue weighted by atomic mass is 35.5. The Balaban J connectivity index is 2.32. The van der Waals surface area contributed by atoms with Crippen molar-refractivity contribution in [2.45, 2.75) is 56.0 Å². The molecule has 0 N–H and O–H groups in total. The van der Waals surface area contributed by atoms with Crippen LogP contribution in [0.2, 0.25) is 0 Å². The van der Waals surface area contributed by atoms with Gasteiger partial charge >= 0.3 is 6.09 Å². The molecule has 2 heterocycles. The molecule has 0 radical (unpaired) electrons. The number of hydrogen-bond donors (Lipinski definition) is 0. The number of alkyl halides is 1. The Morgan fingerprint density at radius 2 is 2.17 bits per heavy atom. The van der Waals surface area contributed by atoms with Crippen LogP contribution in [0, 0.1) is 0 Å². The van der Waals surface area contributed by atoms with E-state index in [4.69, 9.17) is 16.3 Å². The maximum atomic E-state index is 12.0. The number of hydrogen-bond acceptors (Lipinski definition) is 3. The number of amides is 1. The first-order chi connectivity index (χ1) is 8.50. The molecule has 1 amide bonds. The van der Waals surface area contributed by atoms with Crippen molar-refractivity contribution in [3.05, 3.63) is 12.8 Å². The van der Waals surface area contributed by atoms with Crippen molar-refractivity contribution < 1.29 is 14.3 Å². The van der Waals surface area contributed by atoms with Crippen LogP contribution in [0.3, 0.4) is 0 Å². The molecule has 3 atom stereocenters. The first-order valence-electron chi connectivity index (χ1n) is 6.30. The third kappa shape index (κ3) is 2.03. The predicted molar refractivity (Wildman–Crippen MR) is 68.4 cm³/mol. The topological polar surface area (TPSA) is 46.6 Å². The number of carbonyl (C=O) groups is 2. The second-order valence-electron chi connectivity index (χ2n) is 5.02. The molecule has 2 saturated heterocycles. The Labute approximate surface area is 112 Å². The largest absolute Gasteiger partial charge is 0.419 e. The third-order valence-electron chi connectivity index (χ3n) is 4.09.